The lowest BCUT2D eigenvalue weighted by Gasteiger charge is -2.49. The fourth-order valence-electron chi connectivity index (χ4n) is 5.11. The molecular formula is C33H28N4O5S3. The third kappa shape index (κ3) is 6.98. The van der Waals surface area contributed by atoms with Crippen LogP contribution in [0.5, 0.6) is 0 Å². The number of ether oxygens (including phenoxy) is 1. The fraction of sp³-hybridized carbons (Fsp3) is 0.182. The summed E-state index contributed by atoms with van der Waals surface area (Å²) in [5.41, 5.74) is 8.41. The maximum atomic E-state index is 14.1. The van der Waals surface area contributed by atoms with Crippen molar-refractivity contribution in [3.63, 3.8) is 0 Å². The fourth-order valence-corrected chi connectivity index (χ4v) is 8.58. The summed E-state index contributed by atoms with van der Waals surface area (Å²) in [5, 5.41) is 4.14. The van der Waals surface area contributed by atoms with E-state index in [1.165, 1.54) is 39.8 Å². The Balaban J connectivity index is 1.29. The van der Waals surface area contributed by atoms with E-state index in [9.17, 15) is 19.2 Å². The average molecular weight is 657 g/mol. The Hall–Kier alpha value is -4.39. The number of esters is 1. The van der Waals surface area contributed by atoms with Gasteiger partial charge in [0.1, 0.15) is 17.1 Å². The molecule has 0 bridgehead atoms. The van der Waals surface area contributed by atoms with Crippen LogP contribution in [0.4, 0.5) is 0 Å². The van der Waals surface area contributed by atoms with Crippen LogP contribution >= 0.6 is 34.9 Å². The van der Waals surface area contributed by atoms with Gasteiger partial charge in [-0.1, -0.05) is 103 Å². The molecule has 0 aliphatic carbocycles. The first kappa shape index (κ1) is 30.6. The van der Waals surface area contributed by atoms with Crippen LogP contribution in [0.15, 0.2) is 111 Å². The number of fused-ring (bicyclic) bond motifs is 1. The number of hydrogen-bond acceptors (Lipinski definition) is 9. The molecular weight excluding hydrogens is 629 g/mol. The summed E-state index contributed by atoms with van der Waals surface area (Å²) in [6, 6.07) is 27.3. The van der Waals surface area contributed by atoms with Gasteiger partial charge in [-0.2, -0.15) is 0 Å². The van der Waals surface area contributed by atoms with Crippen molar-refractivity contribution in [1.82, 2.24) is 15.2 Å². The molecule has 6 rings (SSSR count). The Labute approximate surface area is 272 Å². The van der Waals surface area contributed by atoms with Crippen molar-refractivity contribution in [2.45, 2.75) is 34.7 Å². The molecule has 12 heteroatoms. The van der Waals surface area contributed by atoms with E-state index in [1.807, 2.05) is 91.0 Å². The molecule has 0 unspecified atom stereocenters. The standard InChI is InChI=1S/C33H28N4O5S3/c34-25(38)17-23-18-44-33(35-23)45-24-19-43-31-27(36-26(39)16-20-10-4-1-5-11-20)30(40)37(31)28(24)32(41)42-29(21-12-6-2-7-13-21)22-14-8-3-9-15-22/h1-15,18,27,29,31H,16-17,19H2,(H2,34,38)(H,36,39)/t27-,31-/m1/s1. The second kappa shape index (κ2) is 13.7. The van der Waals surface area contributed by atoms with Gasteiger partial charge in [0.2, 0.25) is 11.8 Å². The number of nitrogens with two attached hydrogens (primary N) is 1. The molecule has 3 heterocycles. The Kier molecular flexibility index (Phi) is 9.34. The number of nitrogens with zero attached hydrogens (tertiary/aromatic N) is 2. The Bertz CT molecular complexity index is 1710. The third-order valence-corrected chi connectivity index (χ3v) is 10.7. The monoisotopic (exact) mass is 656 g/mol. The zero-order valence-electron chi connectivity index (χ0n) is 23.8. The molecule has 0 saturated carbocycles. The topological polar surface area (TPSA) is 132 Å². The van der Waals surface area contributed by atoms with Gasteiger partial charge in [0.05, 0.1) is 18.5 Å². The van der Waals surface area contributed by atoms with Crippen molar-refractivity contribution in [3.05, 3.63) is 129 Å². The van der Waals surface area contributed by atoms with Gasteiger partial charge in [0.15, 0.2) is 10.4 Å². The second-order valence-electron chi connectivity index (χ2n) is 10.3. The lowest BCUT2D eigenvalue weighted by molar-refractivity contribution is -0.154. The van der Waals surface area contributed by atoms with E-state index < -0.39 is 29.4 Å². The molecule has 3 amide bonds. The predicted octanol–water partition coefficient (Wildman–Crippen LogP) is 4.45. The van der Waals surface area contributed by atoms with Gasteiger partial charge < -0.3 is 15.8 Å². The van der Waals surface area contributed by atoms with Crippen molar-refractivity contribution in [2.75, 3.05) is 5.75 Å². The van der Waals surface area contributed by atoms with Gasteiger partial charge in [0, 0.05) is 16.0 Å². The molecule has 2 aliphatic rings. The number of nitrogens with one attached hydrogen (secondary N) is 1. The lowest BCUT2D eigenvalue weighted by atomic mass is 10.0. The van der Waals surface area contributed by atoms with E-state index in [1.54, 1.807) is 5.38 Å². The molecule has 0 radical (unpaired) electrons. The van der Waals surface area contributed by atoms with Crippen LogP contribution in [0.2, 0.25) is 0 Å². The number of thioether (sulfide) groups is 2. The predicted molar refractivity (Wildman–Crippen MR) is 174 cm³/mol. The molecule has 228 valence electrons. The van der Waals surface area contributed by atoms with Crippen LogP contribution in [0.25, 0.3) is 0 Å². The van der Waals surface area contributed by atoms with Crippen LogP contribution in [-0.2, 0) is 36.8 Å². The molecule has 1 saturated heterocycles. The number of benzene rings is 3. The zero-order valence-corrected chi connectivity index (χ0v) is 26.3. The molecule has 0 spiro atoms. The van der Waals surface area contributed by atoms with Gasteiger partial charge in [-0.3, -0.25) is 19.3 Å². The number of β-lactam (4-membered cyclic amide) rings is 1. The summed E-state index contributed by atoms with van der Waals surface area (Å²) in [6.45, 7) is 0. The maximum Gasteiger partial charge on any atom is 0.356 e. The summed E-state index contributed by atoms with van der Waals surface area (Å²) >= 11 is 4.04. The Morgan fingerprint density at radius 3 is 2.20 bits per heavy atom. The average Bonchev–Trinajstić information content (AvgIpc) is 3.49. The largest absolute Gasteiger partial charge is 0.448 e. The minimum absolute atomic E-state index is 0.00658. The smallest absolute Gasteiger partial charge is 0.356 e. The number of thiazole rings is 1. The molecule has 1 aromatic heterocycles. The molecule has 4 aromatic rings. The SMILES string of the molecule is NC(=O)Cc1csc(SC2=C(C(=O)OC(c3ccccc3)c3ccccc3)N3C(=O)[C@@H](NC(=O)Cc4ccccc4)[C@H]3SC2)n1. The molecule has 3 N–H and O–H groups in total. The number of carbonyl (C=O) groups is 4. The summed E-state index contributed by atoms with van der Waals surface area (Å²) in [4.78, 5) is 58.6. The van der Waals surface area contributed by atoms with Gasteiger partial charge in [-0.05, 0) is 16.7 Å². The van der Waals surface area contributed by atoms with Crippen molar-refractivity contribution in [3.8, 4) is 0 Å². The molecule has 1 fully saturated rings. The number of hydrogen-bond donors (Lipinski definition) is 2. The van der Waals surface area contributed by atoms with E-state index in [2.05, 4.69) is 10.3 Å². The highest BCUT2D eigenvalue weighted by atomic mass is 32.2. The van der Waals surface area contributed by atoms with E-state index in [4.69, 9.17) is 10.5 Å². The van der Waals surface area contributed by atoms with Crippen LogP contribution < -0.4 is 11.1 Å². The van der Waals surface area contributed by atoms with Crippen LogP contribution in [0, 0.1) is 0 Å². The van der Waals surface area contributed by atoms with Gasteiger partial charge >= 0.3 is 5.97 Å². The van der Waals surface area contributed by atoms with E-state index in [0.717, 1.165) is 16.7 Å². The van der Waals surface area contributed by atoms with Gasteiger partial charge in [0.25, 0.3) is 5.91 Å². The highest BCUT2D eigenvalue weighted by Crippen LogP contribution is 2.46. The molecule has 2 aliphatic heterocycles. The first-order chi connectivity index (χ1) is 21.9. The Morgan fingerprint density at radius 1 is 0.956 bits per heavy atom. The quantitative estimate of drug-likeness (QED) is 0.179. The number of carbonyl (C=O) groups excluding carboxylic acids is 4. The van der Waals surface area contributed by atoms with Crippen molar-refractivity contribution in [2.24, 2.45) is 5.73 Å². The minimum atomic E-state index is -0.776. The normalized spacial score (nSPS) is 17.4. The Morgan fingerprint density at radius 2 is 1.58 bits per heavy atom. The summed E-state index contributed by atoms with van der Waals surface area (Å²) in [5.74, 6) is -1.41. The second-order valence-corrected chi connectivity index (χ2v) is 13.7. The van der Waals surface area contributed by atoms with Crippen molar-refractivity contribution >= 4 is 58.6 Å². The third-order valence-electron chi connectivity index (χ3n) is 7.18. The highest BCUT2D eigenvalue weighted by Gasteiger charge is 2.55. The minimum Gasteiger partial charge on any atom is -0.448 e. The van der Waals surface area contributed by atoms with Crippen LogP contribution in [0.3, 0.4) is 0 Å². The van der Waals surface area contributed by atoms with Gasteiger partial charge in [-0.25, -0.2) is 9.78 Å². The van der Waals surface area contributed by atoms with E-state index in [-0.39, 0.29) is 30.4 Å². The number of rotatable bonds is 11. The van der Waals surface area contributed by atoms with E-state index >= 15 is 0 Å². The maximum absolute atomic E-state index is 14.1. The summed E-state index contributed by atoms with van der Waals surface area (Å²) < 4.78 is 6.81. The van der Waals surface area contributed by atoms with E-state index in [0.29, 0.717) is 20.7 Å². The molecule has 2 atom stereocenters. The van der Waals surface area contributed by atoms with Crippen LogP contribution in [-0.4, -0.2) is 50.7 Å². The molecule has 45 heavy (non-hydrogen) atoms. The molecule has 9 nitrogen and oxygen atoms in total. The number of amides is 3. The first-order valence-electron chi connectivity index (χ1n) is 14.1. The van der Waals surface area contributed by atoms with Crippen LogP contribution in [0.1, 0.15) is 28.5 Å². The van der Waals surface area contributed by atoms with Crippen molar-refractivity contribution in [1.29, 1.82) is 0 Å². The lowest BCUT2D eigenvalue weighted by Crippen LogP contribution is -2.70. The number of aromatic nitrogens is 1. The summed E-state index contributed by atoms with van der Waals surface area (Å²) in [7, 11) is 0. The number of primary amides is 1. The summed E-state index contributed by atoms with van der Waals surface area (Å²) in [6.07, 6.45) is -0.569. The first-order valence-corrected chi connectivity index (χ1v) is 16.8. The van der Waals surface area contributed by atoms with Crippen molar-refractivity contribution < 1.29 is 23.9 Å². The zero-order chi connectivity index (χ0) is 31.3. The highest BCUT2D eigenvalue weighted by molar-refractivity contribution is 8.07. The molecule has 3 aromatic carbocycles. The van der Waals surface area contributed by atoms with Gasteiger partial charge in [-0.15, -0.1) is 23.1 Å².